The van der Waals surface area contributed by atoms with Gasteiger partial charge in [0, 0.05) is 51.2 Å². The number of ether oxygens (including phenoxy) is 2. The third-order valence-electron chi connectivity index (χ3n) is 6.83. The van der Waals surface area contributed by atoms with Gasteiger partial charge in [-0.2, -0.15) is 0 Å². The van der Waals surface area contributed by atoms with Gasteiger partial charge in [0.2, 0.25) is 0 Å². The molecule has 5 rings (SSSR count). The molecule has 0 aliphatic carbocycles. The number of nitrogens with zero attached hydrogens (tertiary/aromatic N) is 3. The van der Waals surface area contributed by atoms with Gasteiger partial charge in [0.25, 0.3) is 0 Å². The Balaban J connectivity index is 1.23. The van der Waals surface area contributed by atoms with E-state index in [-0.39, 0.29) is 18.1 Å². The van der Waals surface area contributed by atoms with E-state index in [0.717, 1.165) is 42.8 Å². The fraction of sp³-hybridized carbons (Fsp3) is 0.290. The molecule has 1 saturated heterocycles. The Morgan fingerprint density at radius 2 is 1.51 bits per heavy atom. The van der Waals surface area contributed by atoms with Crippen LogP contribution in [0.1, 0.15) is 24.1 Å². The van der Waals surface area contributed by atoms with Crippen LogP contribution in [0.3, 0.4) is 0 Å². The molecule has 0 spiro atoms. The monoisotopic (exact) mass is 495 g/mol. The summed E-state index contributed by atoms with van der Waals surface area (Å²) in [4.78, 5) is 21.2. The van der Waals surface area contributed by atoms with Crippen molar-refractivity contribution in [3.05, 3.63) is 108 Å². The minimum absolute atomic E-state index is 0.220. The number of benzene rings is 3. The van der Waals surface area contributed by atoms with Crippen molar-refractivity contribution in [1.82, 2.24) is 14.8 Å². The number of hydrogen-bond acceptors (Lipinski definition) is 6. The van der Waals surface area contributed by atoms with E-state index in [2.05, 4.69) is 75.4 Å². The summed E-state index contributed by atoms with van der Waals surface area (Å²) in [5, 5.41) is 0.952. The number of carbonyl (C=O) groups is 1. The number of pyridine rings is 1. The third kappa shape index (κ3) is 6.34. The fourth-order valence-corrected chi connectivity index (χ4v) is 5.12. The largest absolute Gasteiger partial charge is 0.489 e. The van der Waals surface area contributed by atoms with Crippen LogP contribution in [0.5, 0.6) is 5.75 Å². The quantitative estimate of drug-likeness (QED) is 0.306. The fourth-order valence-electron chi connectivity index (χ4n) is 5.12. The lowest BCUT2D eigenvalue weighted by Gasteiger charge is -2.40. The zero-order valence-corrected chi connectivity index (χ0v) is 21.2. The van der Waals surface area contributed by atoms with Gasteiger partial charge in [-0.25, -0.2) is 0 Å². The highest BCUT2D eigenvalue weighted by Gasteiger charge is 2.28. The van der Waals surface area contributed by atoms with Crippen molar-refractivity contribution >= 4 is 16.9 Å². The Kier molecular flexibility index (Phi) is 8.08. The van der Waals surface area contributed by atoms with Crippen LogP contribution in [0.15, 0.2) is 97.2 Å². The summed E-state index contributed by atoms with van der Waals surface area (Å²) >= 11 is 0. The van der Waals surface area contributed by atoms with E-state index < -0.39 is 0 Å². The average molecular weight is 496 g/mol. The Morgan fingerprint density at radius 3 is 2.16 bits per heavy atom. The van der Waals surface area contributed by atoms with Crippen molar-refractivity contribution < 1.29 is 14.3 Å². The molecule has 0 N–H and O–H groups in total. The minimum Gasteiger partial charge on any atom is -0.489 e. The van der Waals surface area contributed by atoms with Crippen molar-refractivity contribution in [2.45, 2.75) is 19.1 Å². The van der Waals surface area contributed by atoms with E-state index in [1.54, 1.807) is 6.20 Å². The number of esters is 1. The van der Waals surface area contributed by atoms with Crippen molar-refractivity contribution in [1.29, 1.82) is 0 Å². The van der Waals surface area contributed by atoms with Gasteiger partial charge in [-0.3, -0.25) is 19.6 Å². The van der Waals surface area contributed by atoms with Crippen LogP contribution >= 0.6 is 0 Å². The topological polar surface area (TPSA) is 54.9 Å². The molecular formula is C31H33N3O3. The van der Waals surface area contributed by atoms with Crippen LogP contribution in [0.2, 0.25) is 0 Å². The zero-order chi connectivity index (χ0) is 25.5. The highest BCUT2D eigenvalue weighted by atomic mass is 16.6. The molecule has 0 saturated carbocycles. The van der Waals surface area contributed by atoms with Gasteiger partial charge in [-0.15, -0.1) is 0 Å². The highest BCUT2D eigenvalue weighted by Crippen LogP contribution is 2.29. The molecule has 0 bridgehead atoms. The SMILES string of the molecule is CC(=O)OC(COc1cccc2ncccc12)CN1CCN(C(c2ccccc2)c2ccccc2)CC1. The van der Waals surface area contributed by atoms with Gasteiger partial charge in [-0.05, 0) is 35.4 Å². The average Bonchev–Trinajstić information content (AvgIpc) is 2.94. The van der Waals surface area contributed by atoms with Crippen LogP contribution in [0, 0.1) is 0 Å². The van der Waals surface area contributed by atoms with Crippen molar-refractivity contribution in [3.8, 4) is 5.75 Å². The van der Waals surface area contributed by atoms with Crippen molar-refractivity contribution in [3.63, 3.8) is 0 Å². The third-order valence-corrected chi connectivity index (χ3v) is 6.83. The zero-order valence-electron chi connectivity index (χ0n) is 21.2. The van der Waals surface area contributed by atoms with Crippen molar-refractivity contribution in [2.75, 3.05) is 39.3 Å². The number of hydrogen-bond donors (Lipinski definition) is 0. The van der Waals surface area contributed by atoms with Gasteiger partial charge in [0.05, 0.1) is 11.6 Å². The van der Waals surface area contributed by atoms with Crippen LogP contribution < -0.4 is 4.74 Å². The van der Waals surface area contributed by atoms with E-state index in [1.165, 1.54) is 18.1 Å². The van der Waals surface area contributed by atoms with Gasteiger partial charge in [0.1, 0.15) is 18.5 Å². The second kappa shape index (κ2) is 12.0. The predicted molar refractivity (Wildman–Crippen MR) is 146 cm³/mol. The first-order valence-electron chi connectivity index (χ1n) is 12.9. The van der Waals surface area contributed by atoms with Gasteiger partial charge in [-0.1, -0.05) is 66.7 Å². The second-order valence-electron chi connectivity index (χ2n) is 9.43. The molecule has 1 aliphatic rings. The number of carbonyl (C=O) groups excluding carboxylic acids is 1. The van der Waals surface area contributed by atoms with Crippen molar-refractivity contribution in [2.24, 2.45) is 0 Å². The lowest BCUT2D eigenvalue weighted by atomic mass is 9.96. The van der Waals surface area contributed by atoms with Gasteiger partial charge < -0.3 is 9.47 Å². The molecule has 1 fully saturated rings. The molecular weight excluding hydrogens is 462 g/mol. The highest BCUT2D eigenvalue weighted by molar-refractivity contribution is 5.84. The van der Waals surface area contributed by atoms with Crippen LogP contribution in [-0.4, -0.2) is 66.2 Å². The smallest absolute Gasteiger partial charge is 0.303 e. The molecule has 1 atom stereocenters. The lowest BCUT2D eigenvalue weighted by molar-refractivity contribution is -0.149. The molecule has 37 heavy (non-hydrogen) atoms. The predicted octanol–water partition coefficient (Wildman–Crippen LogP) is 4.95. The van der Waals surface area contributed by atoms with E-state index >= 15 is 0 Å². The minimum atomic E-state index is -0.352. The summed E-state index contributed by atoms with van der Waals surface area (Å²) in [6.07, 6.45) is 1.42. The molecule has 6 heteroatoms. The van der Waals surface area contributed by atoms with E-state index in [4.69, 9.17) is 9.47 Å². The van der Waals surface area contributed by atoms with Gasteiger partial charge >= 0.3 is 5.97 Å². The van der Waals surface area contributed by atoms with Crippen LogP contribution in [-0.2, 0) is 9.53 Å². The Morgan fingerprint density at radius 1 is 0.838 bits per heavy atom. The molecule has 1 aromatic heterocycles. The molecule has 3 aromatic carbocycles. The maximum Gasteiger partial charge on any atom is 0.303 e. The first kappa shape index (κ1) is 24.9. The molecule has 4 aromatic rings. The second-order valence-corrected chi connectivity index (χ2v) is 9.43. The Bertz CT molecular complexity index is 1250. The summed E-state index contributed by atoms with van der Waals surface area (Å²) in [6, 6.07) is 31.3. The van der Waals surface area contributed by atoms with E-state index in [1.807, 2.05) is 30.3 Å². The Labute approximate surface area is 218 Å². The van der Waals surface area contributed by atoms with Crippen LogP contribution in [0.4, 0.5) is 0 Å². The molecule has 2 heterocycles. The first-order chi connectivity index (χ1) is 18.2. The number of fused-ring (bicyclic) bond motifs is 1. The molecule has 190 valence electrons. The Hall–Kier alpha value is -3.74. The molecule has 1 aliphatic heterocycles. The van der Waals surface area contributed by atoms with E-state index in [0.29, 0.717) is 13.2 Å². The molecule has 6 nitrogen and oxygen atoms in total. The molecule has 0 radical (unpaired) electrons. The normalized spacial score (nSPS) is 15.5. The number of rotatable bonds is 9. The van der Waals surface area contributed by atoms with Gasteiger partial charge in [0.15, 0.2) is 0 Å². The molecule has 1 unspecified atom stereocenters. The number of aromatic nitrogens is 1. The van der Waals surface area contributed by atoms with Crippen LogP contribution in [0.25, 0.3) is 10.9 Å². The maximum atomic E-state index is 11.9. The maximum absolute atomic E-state index is 11.9. The lowest BCUT2D eigenvalue weighted by Crippen LogP contribution is -2.50. The number of piperazine rings is 1. The summed E-state index contributed by atoms with van der Waals surface area (Å²) < 4.78 is 11.8. The summed E-state index contributed by atoms with van der Waals surface area (Å²) in [5.74, 6) is 0.459. The standard InChI is InChI=1S/C31H33N3O3/c1-24(35)37-27(23-36-30-16-8-15-29-28(30)14-9-17-32-29)22-33-18-20-34(21-19-33)31(25-10-4-2-5-11-25)26-12-6-3-7-13-26/h2-17,27,31H,18-23H2,1H3. The summed E-state index contributed by atoms with van der Waals surface area (Å²) in [6.45, 7) is 6.03. The molecule has 0 amide bonds. The van der Waals surface area contributed by atoms with E-state index in [9.17, 15) is 4.79 Å². The summed E-state index contributed by atoms with van der Waals surface area (Å²) in [7, 11) is 0. The summed E-state index contributed by atoms with van der Waals surface area (Å²) in [5.41, 5.74) is 3.49. The first-order valence-corrected chi connectivity index (χ1v) is 12.9.